The second-order valence-corrected chi connectivity index (χ2v) is 9.22. The highest BCUT2D eigenvalue weighted by atomic mass is 32.2. The maximum absolute atomic E-state index is 10.8. The molecule has 2 N–H and O–H groups in total. The van der Waals surface area contributed by atoms with Gasteiger partial charge in [-0.15, -0.1) is 0 Å². The van der Waals surface area contributed by atoms with Crippen LogP contribution in [0.2, 0.25) is 0 Å². The minimum atomic E-state index is -4.27. The average Bonchev–Trinajstić information content (AvgIpc) is 2.71. The highest BCUT2D eigenvalue weighted by molar-refractivity contribution is 7.86. The molecular formula is C20H28N2O8S2-2. The summed E-state index contributed by atoms with van der Waals surface area (Å²) in [4.78, 5) is 10.5. The van der Waals surface area contributed by atoms with E-state index in [1.54, 1.807) is 38.4 Å². The maximum Gasteiger partial charge on any atom is 0.324 e. The van der Waals surface area contributed by atoms with Gasteiger partial charge in [0, 0.05) is 6.54 Å². The number of hydrogen-bond donors (Lipinski definition) is 2. The zero-order chi connectivity index (χ0) is 24.9. The number of aryl methyl sites for hydroxylation is 2. The van der Waals surface area contributed by atoms with Gasteiger partial charge in [-0.1, -0.05) is 35.4 Å². The molecule has 2 aromatic rings. The molecular weight excluding hydrogens is 460 g/mol. The Morgan fingerprint density at radius 2 is 1.19 bits per heavy atom. The van der Waals surface area contributed by atoms with Gasteiger partial charge in [-0.05, 0) is 52.2 Å². The van der Waals surface area contributed by atoms with Crippen LogP contribution in [0.25, 0.3) is 0 Å². The van der Waals surface area contributed by atoms with E-state index in [-0.39, 0.29) is 21.8 Å². The van der Waals surface area contributed by atoms with Crippen LogP contribution in [0.3, 0.4) is 0 Å². The summed E-state index contributed by atoms with van der Waals surface area (Å²) in [5.74, 6) is -0.239. The molecule has 0 spiro atoms. The lowest BCUT2D eigenvalue weighted by Crippen LogP contribution is -2.42. The Labute approximate surface area is 189 Å². The molecule has 0 radical (unpaired) electrons. The first-order valence-corrected chi connectivity index (χ1v) is 12.0. The second kappa shape index (κ2) is 13.9. The third-order valence-corrected chi connectivity index (χ3v) is 5.56. The Balaban J connectivity index is 0.000000452. The van der Waals surface area contributed by atoms with Crippen molar-refractivity contribution in [1.82, 2.24) is 10.6 Å². The topological polar surface area (TPSA) is 165 Å². The first-order valence-electron chi connectivity index (χ1n) is 9.21. The summed E-state index contributed by atoms with van der Waals surface area (Å²) in [6.45, 7) is 4.23. The first-order chi connectivity index (χ1) is 14.8. The highest BCUT2D eigenvalue weighted by Gasteiger charge is 2.14. The van der Waals surface area contributed by atoms with Crippen LogP contribution in [0, 0.1) is 13.8 Å². The number of ether oxygens (including phenoxy) is 1. The minimum absolute atomic E-state index is 0.178. The molecule has 0 saturated heterocycles. The smallest absolute Gasteiger partial charge is 0.324 e. The number of hydrogen-bond acceptors (Lipinski definition) is 10. The summed E-state index contributed by atoms with van der Waals surface area (Å²) in [6, 6.07) is 11.3. The molecule has 1 unspecified atom stereocenters. The first kappa shape index (κ1) is 29.7. The molecule has 32 heavy (non-hydrogen) atoms. The number of carbonyl (C=O) groups is 1. The van der Waals surface area contributed by atoms with Crippen LogP contribution in [-0.4, -0.2) is 65.7 Å². The summed E-state index contributed by atoms with van der Waals surface area (Å²) in [6.07, 6.45) is 0. The fourth-order valence-electron chi connectivity index (χ4n) is 2.06. The zero-order valence-electron chi connectivity index (χ0n) is 18.5. The van der Waals surface area contributed by atoms with Crippen molar-refractivity contribution in [1.29, 1.82) is 0 Å². The lowest BCUT2D eigenvalue weighted by Gasteiger charge is -2.11. The lowest BCUT2D eigenvalue weighted by molar-refractivity contribution is -0.142. The van der Waals surface area contributed by atoms with Crippen molar-refractivity contribution in [2.75, 3.05) is 27.7 Å². The highest BCUT2D eigenvalue weighted by Crippen LogP contribution is 2.09. The van der Waals surface area contributed by atoms with Gasteiger partial charge in [0.15, 0.2) is 0 Å². The Morgan fingerprint density at radius 3 is 1.41 bits per heavy atom. The van der Waals surface area contributed by atoms with E-state index in [0.717, 1.165) is 11.1 Å². The molecule has 10 nitrogen and oxygen atoms in total. The summed E-state index contributed by atoms with van der Waals surface area (Å²) in [5.41, 5.74) is 1.86. The monoisotopic (exact) mass is 488 g/mol. The molecule has 2 rings (SSSR count). The zero-order valence-corrected chi connectivity index (χ0v) is 20.1. The van der Waals surface area contributed by atoms with Gasteiger partial charge >= 0.3 is 5.97 Å². The van der Waals surface area contributed by atoms with E-state index in [9.17, 15) is 30.7 Å². The quantitative estimate of drug-likeness (QED) is 0.438. The number of likely N-dealkylation sites (N-methyl/N-ethyl adjacent to an activating group) is 2. The predicted molar refractivity (Wildman–Crippen MR) is 117 cm³/mol. The molecule has 180 valence electrons. The molecule has 0 bridgehead atoms. The number of benzene rings is 2. The Bertz CT molecular complexity index is 963. The molecule has 0 heterocycles. The van der Waals surface area contributed by atoms with Crippen molar-refractivity contribution in [3.8, 4) is 0 Å². The third-order valence-electron chi connectivity index (χ3n) is 3.86. The van der Waals surface area contributed by atoms with Crippen LogP contribution in [0.15, 0.2) is 58.3 Å². The number of carbonyl (C=O) groups excluding carboxylic acids is 1. The van der Waals surface area contributed by atoms with Crippen LogP contribution in [0.5, 0.6) is 0 Å². The maximum atomic E-state index is 10.8. The summed E-state index contributed by atoms with van der Waals surface area (Å²) in [7, 11) is -3.66. The van der Waals surface area contributed by atoms with Gasteiger partial charge in [-0.3, -0.25) is 4.79 Å². The lowest BCUT2D eigenvalue weighted by atomic mass is 10.2. The van der Waals surface area contributed by atoms with Crippen molar-refractivity contribution in [3.63, 3.8) is 0 Å². The molecule has 0 saturated carbocycles. The Kier molecular flexibility index (Phi) is 12.9. The molecule has 2 aromatic carbocycles. The van der Waals surface area contributed by atoms with Crippen LogP contribution in [0.1, 0.15) is 11.1 Å². The van der Waals surface area contributed by atoms with Crippen LogP contribution in [-0.2, 0) is 29.8 Å². The fourth-order valence-corrected chi connectivity index (χ4v) is 3.00. The molecule has 0 aliphatic rings. The summed E-state index contributed by atoms with van der Waals surface area (Å²) in [5, 5.41) is 5.69. The van der Waals surface area contributed by atoms with Crippen molar-refractivity contribution < 1.29 is 35.5 Å². The Morgan fingerprint density at radius 1 is 0.844 bits per heavy atom. The average molecular weight is 489 g/mol. The number of methoxy groups -OCH3 is 1. The van der Waals surface area contributed by atoms with Gasteiger partial charge in [0.25, 0.3) is 0 Å². The molecule has 0 aliphatic heterocycles. The third kappa shape index (κ3) is 11.9. The number of nitrogens with one attached hydrogen (secondary N) is 2. The number of esters is 1. The molecule has 0 aromatic heterocycles. The standard InChI is InChI=1S/2C7H8O3S.C6H14N2O2/c2*1-6-2-4-7(5-3-6)11(8,9)10;1-7-4-5(8-2)6(9)10-3/h2*2-5H,1H3,(H,8,9,10);5,7-8H,4H2,1-3H3/p-2. The van der Waals surface area contributed by atoms with Gasteiger partial charge in [0.05, 0.1) is 16.9 Å². The van der Waals surface area contributed by atoms with Crippen molar-refractivity contribution in [2.24, 2.45) is 0 Å². The van der Waals surface area contributed by atoms with Crippen molar-refractivity contribution in [2.45, 2.75) is 29.7 Å². The molecule has 0 amide bonds. The molecule has 0 fully saturated rings. The summed E-state index contributed by atoms with van der Waals surface area (Å²) >= 11 is 0. The van der Waals surface area contributed by atoms with E-state index < -0.39 is 20.2 Å². The van der Waals surface area contributed by atoms with Crippen molar-refractivity contribution >= 4 is 26.2 Å². The van der Waals surface area contributed by atoms with Crippen LogP contribution >= 0.6 is 0 Å². The second-order valence-electron chi connectivity index (χ2n) is 6.46. The minimum Gasteiger partial charge on any atom is -0.744 e. The van der Waals surface area contributed by atoms with Gasteiger partial charge in [0.2, 0.25) is 0 Å². The SMILES string of the molecule is CNCC(NC)C(=O)OC.Cc1ccc(S(=O)(=O)[O-])cc1.Cc1ccc(S(=O)(=O)[O-])cc1. The predicted octanol–water partition coefficient (Wildman–Crippen LogP) is 0.765. The van der Waals surface area contributed by atoms with E-state index in [2.05, 4.69) is 15.4 Å². The van der Waals surface area contributed by atoms with Crippen LogP contribution in [0.4, 0.5) is 0 Å². The normalized spacial score (nSPS) is 11.8. The number of rotatable bonds is 6. The van der Waals surface area contributed by atoms with Crippen LogP contribution < -0.4 is 10.6 Å². The van der Waals surface area contributed by atoms with E-state index in [1.165, 1.54) is 31.4 Å². The fraction of sp³-hybridized carbons (Fsp3) is 0.350. The van der Waals surface area contributed by atoms with E-state index in [1.807, 2.05) is 13.8 Å². The molecule has 1 atom stereocenters. The van der Waals surface area contributed by atoms with E-state index in [4.69, 9.17) is 0 Å². The van der Waals surface area contributed by atoms with Gasteiger partial charge < -0.3 is 24.5 Å². The Hall–Kier alpha value is -2.35. The van der Waals surface area contributed by atoms with Gasteiger partial charge in [0.1, 0.15) is 26.3 Å². The summed E-state index contributed by atoms with van der Waals surface area (Å²) < 4.78 is 66.8. The van der Waals surface area contributed by atoms with E-state index >= 15 is 0 Å². The van der Waals surface area contributed by atoms with Crippen molar-refractivity contribution in [3.05, 3.63) is 59.7 Å². The molecule has 12 heteroatoms. The van der Waals surface area contributed by atoms with Gasteiger partial charge in [-0.2, -0.15) is 0 Å². The largest absolute Gasteiger partial charge is 0.744 e. The van der Waals surface area contributed by atoms with E-state index in [0.29, 0.717) is 6.54 Å². The molecule has 0 aliphatic carbocycles. The van der Waals surface area contributed by atoms with Gasteiger partial charge in [-0.25, -0.2) is 16.8 Å².